The van der Waals surface area contributed by atoms with E-state index in [1.54, 1.807) is 4.90 Å². The van der Waals surface area contributed by atoms with E-state index in [0.717, 1.165) is 37.2 Å². The molecule has 1 unspecified atom stereocenters. The van der Waals surface area contributed by atoms with Crippen molar-refractivity contribution < 1.29 is 27.7 Å². The Morgan fingerprint density at radius 1 is 1.15 bits per heavy atom. The summed E-state index contributed by atoms with van der Waals surface area (Å²) >= 11 is 0. The second kappa shape index (κ2) is 9.73. The Kier molecular flexibility index (Phi) is 7.65. The summed E-state index contributed by atoms with van der Waals surface area (Å²) in [5, 5.41) is 5.17. The lowest BCUT2D eigenvalue weighted by molar-refractivity contribution is -0.928. The number of piperidine rings is 1. The summed E-state index contributed by atoms with van der Waals surface area (Å²) in [5.74, 6) is -0.887. The minimum atomic E-state index is -4.44. The number of nitrogens with one attached hydrogen (secondary N) is 3. The maximum absolute atomic E-state index is 12.5. The number of likely N-dealkylation sites (tertiary alicyclic amines) is 1. The van der Waals surface area contributed by atoms with Gasteiger partial charge < -0.3 is 15.5 Å². The number of hydrogen-bond donors (Lipinski definition) is 3. The van der Waals surface area contributed by atoms with Gasteiger partial charge in [-0.1, -0.05) is 0 Å². The van der Waals surface area contributed by atoms with Gasteiger partial charge in [0.1, 0.15) is 0 Å². The summed E-state index contributed by atoms with van der Waals surface area (Å²) in [6, 6.07) is 4.55. The van der Waals surface area contributed by atoms with E-state index in [1.165, 1.54) is 25.8 Å². The molecule has 1 aromatic carbocycles. The first kappa shape index (κ1) is 21.2. The summed E-state index contributed by atoms with van der Waals surface area (Å²) in [6.45, 7) is 4.79. The van der Waals surface area contributed by atoms with Crippen molar-refractivity contribution in [2.45, 2.75) is 44.8 Å². The highest BCUT2D eigenvalue weighted by Crippen LogP contribution is 2.29. The normalized spacial score (nSPS) is 20.1. The average Bonchev–Trinajstić information content (AvgIpc) is 2.64. The molecule has 8 heteroatoms. The SMILES string of the molecule is C[C@H]1CCCC[NH+]1CCCNC(=O)CNC(=O)c1ccc(C(F)(F)F)cc1. The average molecular weight is 386 g/mol. The number of benzene rings is 1. The molecule has 3 N–H and O–H groups in total. The van der Waals surface area contributed by atoms with Gasteiger partial charge in [-0.25, -0.2) is 0 Å². The number of hydrogen-bond acceptors (Lipinski definition) is 2. The maximum atomic E-state index is 12.5. The van der Waals surface area contributed by atoms with Crippen molar-refractivity contribution in [2.24, 2.45) is 0 Å². The molecule has 1 aliphatic rings. The molecule has 0 saturated carbocycles. The molecule has 5 nitrogen and oxygen atoms in total. The van der Waals surface area contributed by atoms with Gasteiger partial charge in [-0.05, 0) is 50.5 Å². The number of rotatable bonds is 7. The van der Waals surface area contributed by atoms with Gasteiger partial charge in [0.15, 0.2) is 0 Å². The third-order valence-corrected chi connectivity index (χ3v) is 4.96. The summed E-state index contributed by atoms with van der Waals surface area (Å²) in [4.78, 5) is 25.3. The molecular formula is C19H27F3N3O2+. The standard InChI is InChI=1S/C19H26F3N3O2/c1-14-5-2-3-11-25(14)12-4-10-23-17(26)13-24-18(27)15-6-8-16(9-7-15)19(20,21)22/h6-9,14H,2-5,10-13H2,1H3,(H,23,26)(H,24,27)/p+1/t14-/m0/s1. The van der Waals surface area contributed by atoms with Crippen molar-refractivity contribution in [3.05, 3.63) is 35.4 Å². The van der Waals surface area contributed by atoms with E-state index in [2.05, 4.69) is 17.6 Å². The fourth-order valence-corrected chi connectivity index (χ4v) is 3.30. The Balaban J connectivity index is 1.65. The number of amides is 2. The molecule has 2 rings (SSSR count). The van der Waals surface area contributed by atoms with Gasteiger partial charge in [0.05, 0.1) is 31.2 Å². The number of carbonyl (C=O) groups excluding carboxylic acids is 2. The molecule has 1 aliphatic heterocycles. The van der Waals surface area contributed by atoms with Crippen LogP contribution in [-0.2, 0) is 11.0 Å². The third kappa shape index (κ3) is 6.86. The van der Waals surface area contributed by atoms with E-state index in [0.29, 0.717) is 12.6 Å². The second-order valence-electron chi connectivity index (χ2n) is 7.02. The Morgan fingerprint density at radius 2 is 1.85 bits per heavy atom. The molecule has 0 bridgehead atoms. The van der Waals surface area contributed by atoms with Crippen LogP contribution in [-0.4, -0.2) is 44.0 Å². The zero-order chi connectivity index (χ0) is 19.9. The summed E-state index contributed by atoms with van der Waals surface area (Å²) in [5.41, 5.74) is -0.736. The van der Waals surface area contributed by atoms with Crippen LogP contribution in [0.3, 0.4) is 0 Å². The minimum absolute atomic E-state index is 0.0819. The molecule has 0 spiro atoms. The van der Waals surface area contributed by atoms with Gasteiger partial charge in [0, 0.05) is 18.5 Å². The number of alkyl halides is 3. The Morgan fingerprint density at radius 3 is 2.48 bits per heavy atom. The first-order valence-electron chi connectivity index (χ1n) is 9.34. The quantitative estimate of drug-likeness (QED) is 0.621. The van der Waals surface area contributed by atoms with Gasteiger partial charge in [0.25, 0.3) is 5.91 Å². The Hall–Kier alpha value is -2.09. The van der Waals surface area contributed by atoms with Crippen LogP contribution >= 0.6 is 0 Å². The van der Waals surface area contributed by atoms with Gasteiger partial charge >= 0.3 is 6.18 Å². The van der Waals surface area contributed by atoms with Crippen LogP contribution in [0.4, 0.5) is 13.2 Å². The molecule has 2 amide bonds. The third-order valence-electron chi connectivity index (χ3n) is 4.96. The zero-order valence-electron chi connectivity index (χ0n) is 15.5. The van der Waals surface area contributed by atoms with Crippen LogP contribution in [0, 0.1) is 0 Å². The molecule has 0 aromatic heterocycles. The fourth-order valence-electron chi connectivity index (χ4n) is 3.30. The van der Waals surface area contributed by atoms with Crippen LogP contribution in [0.15, 0.2) is 24.3 Å². The first-order chi connectivity index (χ1) is 12.8. The lowest BCUT2D eigenvalue weighted by Gasteiger charge is -2.30. The highest BCUT2D eigenvalue weighted by molar-refractivity contribution is 5.96. The predicted octanol–water partition coefficient (Wildman–Crippen LogP) is 1.40. The van der Waals surface area contributed by atoms with Crippen molar-refractivity contribution in [2.75, 3.05) is 26.2 Å². The molecule has 1 saturated heterocycles. The first-order valence-corrected chi connectivity index (χ1v) is 9.34. The van der Waals surface area contributed by atoms with Crippen molar-refractivity contribution in [3.8, 4) is 0 Å². The molecule has 150 valence electrons. The van der Waals surface area contributed by atoms with Crippen LogP contribution < -0.4 is 15.5 Å². The monoisotopic (exact) mass is 386 g/mol. The number of halogens is 3. The van der Waals surface area contributed by atoms with E-state index >= 15 is 0 Å². The van der Waals surface area contributed by atoms with E-state index in [-0.39, 0.29) is 18.0 Å². The van der Waals surface area contributed by atoms with Gasteiger partial charge in [-0.2, -0.15) is 13.2 Å². The molecule has 1 aromatic rings. The van der Waals surface area contributed by atoms with Crippen molar-refractivity contribution >= 4 is 11.8 Å². The second-order valence-corrected chi connectivity index (χ2v) is 7.02. The summed E-state index contributed by atoms with van der Waals surface area (Å²) in [7, 11) is 0. The fraction of sp³-hybridized carbons (Fsp3) is 0.579. The lowest BCUT2D eigenvalue weighted by Crippen LogP contribution is -3.16. The molecule has 0 aliphatic carbocycles. The van der Waals surface area contributed by atoms with Crippen LogP contribution in [0.5, 0.6) is 0 Å². The molecule has 27 heavy (non-hydrogen) atoms. The molecule has 2 atom stereocenters. The van der Waals surface area contributed by atoms with Crippen molar-refractivity contribution in [3.63, 3.8) is 0 Å². The number of carbonyl (C=O) groups is 2. The topological polar surface area (TPSA) is 62.6 Å². The predicted molar refractivity (Wildman–Crippen MR) is 95.4 cm³/mol. The molecular weight excluding hydrogens is 359 g/mol. The van der Waals surface area contributed by atoms with Crippen LogP contribution in [0.1, 0.15) is 48.5 Å². The molecule has 0 radical (unpaired) electrons. The minimum Gasteiger partial charge on any atom is -0.354 e. The van der Waals surface area contributed by atoms with E-state index in [9.17, 15) is 22.8 Å². The van der Waals surface area contributed by atoms with E-state index in [4.69, 9.17) is 0 Å². The van der Waals surface area contributed by atoms with Crippen molar-refractivity contribution in [1.82, 2.24) is 10.6 Å². The molecule has 1 heterocycles. The van der Waals surface area contributed by atoms with Gasteiger partial charge in [0.2, 0.25) is 5.91 Å². The molecule has 1 fully saturated rings. The largest absolute Gasteiger partial charge is 0.416 e. The smallest absolute Gasteiger partial charge is 0.354 e. The van der Waals surface area contributed by atoms with Crippen molar-refractivity contribution in [1.29, 1.82) is 0 Å². The van der Waals surface area contributed by atoms with Gasteiger partial charge in [-0.15, -0.1) is 0 Å². The van der Waals surface area contributed by atoms with Crippen LogP contribution in [0.2, 0.25) is 0 Å². The Bertz CT molecular complexity index is 632. The summed E-state index contributed by atoms with van der Waals surface area (Å²) < 4.78 is 37.5. The summed E-state index contributed by atoms with van der Waals surface area (Å²) in [6.07, 6.45) is 0.223. The zero-order valence-corrected chi connectivity index (χ0v) is 15.5. The van der Waals surface area contributed by atoms with E-state index in [1.807, 2.05) is 0 Å². The highest BCUT2D eigenvalue weighted by Gasteiger charge is 2.30. The van der Waals surface area contributed by atoms with E-state index < -0.39 is 17.6 Å². The Labute approximate surface area is 157 Å². The maximum Gasteiger partial charge on any atom is 0.416 e. The number of quaternary nitrogens is 1. The van der Waals surface area contributed by atoms with Crippen LogP contribution in [0.25, 0.3) is 0 Å². The lowest BCUT2D eigenvalue weighted by atomic mass is 10.0. The van der Waals surface area contributed by atoms with Gasteiger partial charge in [-0.3, -0.25) is 9.59 Å². The highest BCUT2D eigenvalue weighted by atomic mass is 19.4.